The molecule has 210 valence electrons. The van der Waals surface area contributed by atoms with E-state index in [9.17, 15) is 4.79 Å². The van der Waals surface area contributed by atoms with Gasteiger partial charge in [-0.15, -0.1) is 0 Å². The first-order valence-electron chi connectivity index (χ1n) is 13.4. The zero-order valence-corrected chi connectivity index (χ0v) is 23.8. The van der Waals surface area contributed by atoms with E-state index in [0.29, 0.717) is 41.1 Å². The van der Waals surface area contributed by atoms with Crippen LogP contribution in [0.1, 0.15) is 45.1 Å². The zero-order valence-electron chi connectivity index (χ0n) is 23.0. The van der Waals surface area contributed by atoms with Gasteiger partial charge in [0.2, 0.25) is 0 Å². The third-order valence-electron chi connectivity index (χ3n) is 7.06. The number of rotatable bonds is 4. The second-order valence-electron chi connectivity index (χ2n) is 11.2. The summed E-state index contributed by atoms with van der Waals surface area (Å²) in [6, 6.07) is 13.4. The van der Waals surface area contributed by atoms with Crippen LogP contribution >= 0.6 is 11.6 Å². The van der Waals surface area contributed by atoms with E-state index in [1.807, 2.05) is 45.0 Å². The van der Waals surface area contributed by atoms with Crippen LogP contribution in [-0.4, -0.2) is 54.2 Å². The molecule has 0 bridgehead atoms. The number of carbonyl (C=O) groups excluding carboxylic acids is 1. The Kier molecular flexibility index (Phi) is 6.86. The lowest BCUT2D eigenvalue weighted by molar-refractivity contribution is 0.0198. The summed E-state index contributed by atoms with van der Waals surface area (Å²) in [5, 5.41) is 5.31. The summed E-state index contributed by atoms with van der Waals surface area (Å²) in [6.45, 7) is 6.85. The fourth-order valence-corrected chi connectivity index (χ4v) is 5.36. The Morgan fingerprint density at radius 1 is 1.07 bits per heavy atom. The lowest BCUT2D eigenvalue weighted by Crippen LogP contribution is -2.42. The lowest BCUT2D eigenvalue weighted by atomic mass is 9.87. The number of fused-ring (bicyclic) bond motifs is 2. The molecule has 41 heavy (non-hydrogen) atoms. The maximum atomic E-state index is 12.8. The molecule has 1 saturated heterocycles. The van der Waals surface area contributed by atoms with Crippen LogP contribution in [0.4, 0.5) is 10.6 Å². The van der Waals surface area contributed by atoms with E-state index in [4.69, 9.17) is 26.8 Å². The fraction of sp³-hybridized carbons (Fsp3) is 0.300. The standard InChI is InChI=1S/C30H30ClN7O3/c1-30(2,3)41-29(39)37-9-4-5-19(15-37)20-11-22(27-23(12-20)28(32)35-16-34-27)18-6-7-25(24(31)13-18)40-21-8-10-38-26(14-21)33-17-36-38/h6-8,10-14,16-17,19H,4-5,9,15H2,1-3H3,(H2,32,34,35). The second kappa shape index (κ2) is 10.5. The number of nitrogens with two attached hydrogens (primary N) is 1. The molecule has 3 aromatic heterocycles. The molecule has 5 aromatic rings. The minimum absolute atomic E-state index is 0.101. The third-order valence-corrected chi connectivity index (χ3v) is 7.35. The second-order valence-corrected chi connectivity index (χ2v) is 11.6. The van der Waals surface area contributed by atoms with Gasteiger partial charge in [-0.3, -0.25) is 0 Å². The van der Waals surface area contributed by atoms with Crippen LogP contribution in [0.3, 0.4) is 0 Å². The van der Waals surface area contributed by atoms with E-state index in [1.54, 1.807) is 27.7 Å². The molecule has 2 aromatic carbocycles. The van der Waals surface area contributed by atoms with E-state index in [2.05, 4.69) is 26.1 Å². The van der Waals surface area contributed by atoms with Crippen LogP contribution in [0, 0.1) is 0 Å². The van der Waals surface area contributed by atoms with Gasteiger partial charge in [-0.05, 0) is 75.1 Å². The van der Waals surface area contributed by atoms with Crippen molar-refractivity contribution in [2.45, 2.75) is 45.1 Å². The van der Waals surface area contributed by atoms with Gasteiger partial charge < -0.3 is 20.1 Å². The maximum absolute atomic E-state index is 12.8. The predicted molar refractivity (Wildman–Crippen MR) is 157 cm³/mol. The monoisotopic (exact) mass is 571 g/mol. The Hall–Kier alpha value is -4.44. The molecule has 2 N–H and O–H groups in total. The number of anilines is 1. The fourth-order valence-electron chi connectivity index (χ4n) is 5.14. The number of nitrogens with zero attached hydrogens (tertiary/aromatic N) is 6. The predicted octanol–water partition coefficient (Wildman–Crippen LogP) is 6.48. The number of ether oxygens (including phenoxy) is 2. The highest BCUT2D eigenvalue weighted by molar-refractivity contribution is 6.32. The van der Waals surface area contributed by atoms with Gasteiger partial charge >= 0.3 is 6.09 Å². The van der Waals surface area contributed by atoms with Crippen LogP contribution in [0.5, 0.6) is 11.5 Å². The minimum atomic E-state index is -0.551. The number of hydrogen-bond donors (Lipinski definition) is 1. The highest BCUT2D eigenvalue weighted by Gasteiger charge is 2.29. The van der Waals surface area contributed by atoms with Crippen molar-refractivity contribution in [2.24, 2.45) is 0 Å². The van der Waals surface area contributed by atoms with Crippen LogP contribution in [0.2, 0.25) is 5.02 Å². The van der Waals surface area contributed by atoms with Crippen LogP contribution in [0.15, 0.2) is 61.3 Å². The Morgan fingerprint density at radius 3 is 2.73 bits per heavy atom. The van der Waals surface area contributed by atoms with Crippen molar-refractivity contribution in [3.63, 3.8) is 0 Å². The quantitative estimate of drug-likeness (QED) is 0.260. The first-order valence-corrected chi connectivity index (χ1v) is 13.8. The summed E-state index contributed by atoms with van der Waals surface area (Å²) in [4.78, 5) is 27.6. The van der Waals surface area contributed by atoms with Gasteiger partial charge in [0.1, 0.15) is 35.6 Å². The molecule has 10 nitrogen and oxygen atoms in total. The van der Waals surface area contributed by atoms with Crippen LogP contribution in [-0.2, 0) is 4.74 Å². The van der Waals surface area contributed by atoms with Gasteiger partial charge in [0, 0.05) is 42.2 Å². The molecule has 4 heterocycles. The Balaban J connectivity index is 1.33. The number of likely N-dealkylation sites (tertiary alicyclic amines) is 1. The molecule has 1 fully saturated rings. The van der Waals surface area contributed by atoms with E-state index in [0.717, 1.165) is 40.4 Å². The number of carbonyl (C=O) groups is 1. The molecule has 11 heteroatoms. The Bertz CT molecular complexity index is 1760. The molecule has 0 spiro atoms. The largest absolute Gasteiger partial charge is 0.456 e. The van der Waals surface area contributed by atoms with Crippen LogP contribution in [0.25, 0.3) is 27.7 Å². The van der Waals surface area contributed by atoms with Crippen molar-refractivity contribution < 1.29 is 14.3 Å². The van der Waals surface area contributed by atoms with Crippen molar-refractivity contribution in [1.29, 1.82) is 0 Å². The van der Waals surface area contributed by atoms with Gasteiger partial charge in [0.05, 0.1) is 10.5 Å². The minimum Gasteiger partial charge on any atom is -0.456 e. The SMILES string of the molecule is CC(C)(C)OC(=O)N1CCCC(c2cc(-c3ccc(Oc4ccn5ncnc5c4)c(Cl)c3)c3ncnc(N)c3c2)C1. The van der Waals surface area contributed by atoms with E-state index >= 15 is 0 Å². The molecule has 0 saturated carbocycles. The molecule has 1 aliphatic rings. The number of amides is 1. The van der Waals surface area contributed by atoms with Crippen molar-refractivity contribution in [3.05, 3.63) is 71.9 Å². The van der Waals surface area contributed by atoms with Gasteiger partial charge in [0.25, 0.3) is 0 Å². The molecular weight excluding hydrogens is 542 g/mol. The summed E-state index contributed by atoms with van der Waals surface area (Å²) >= 11 is 6.73. The summed E-state index contributed by atoms with van der Waals surface area (Å²) < 4.78 is 13.4. The molecule has 6 rings (SSSR count). The average Bonchev–Trinajstić information content (AvgIpc) is 3.41. The average molecular weight is 572 g/mol. The zero-order chi connectivity index (χ0) is 28.7. The lowest BCUT2D eigenvalue weighted by Gasteiger charge is -2.34. The highest BCUT2D eigenvalue weighted by Crippen LogP contribution is 2.39. The van der Waals surface area contributed by atoms with E-state index in [-0.39, 0.29) is 12.0 Å². The molecule has 1 atom stereocenters. The summed E-state index contributed by atoms with van der Waals surface area (Å²) in [5.74, 6) is 1.60. The van der Waals surface area contributed by atoms with Gasteiger partial charge in [-0.1, -0.05) is 17.7 Å². The summed E-state index contributed by atoms with van der Waals surface area (Å²) in [7, 11) is 0. The molecule has 1 amide bonds. The molecule has 1 aliphatic heterocycles. The van der Waals surface area contributed by atoms with E-state index in [1.165, 1.54) is 12.7 Å². The van der Waals surface area contributed by atoms with Crippen molar-refractivity contribution >= 4 is 40.1 Å². The van der Waals surface area contributed by atoms with Gasteiger partial charge in [-0.25, -0.2) is 24.3 Å². The molecular formula is C30H30ClN7O3. The molecule has 0 aliphatic carbocycles. The molecule has 1 unspecified atom stereocenters. The number of benzene rings is 2. The summed E-state index contributed by atoms with van der Waals surface area (Å²) in [5.41, 5.74) is 9.96. The van der Waals surface area contributed by atoms with Gasteiger partial charge in [0.15, 0.2) is 5.65 Å². The van der Waals surface area contributed by atoms with Gasteiger partial charge in [-0.2, -0.15) is 5.10 Å². The number of halogens is 1. The van der Waals surface area contributed by atoms with Crippen molar-refractivity contribution in [1.82, 2.24) is 29.5 Å². The smallest absolute Gasteiger partial charge is 0.410 e. The first-order chi connectivity index (χ1) is 19.6. The topological polar surface area (TPSA) is 121 Å². The highest BCUT2D eigenvalue weighted by atomic mass is 35.5. The number of piperidine rings is 1. The Morgan fingerprint density at radius 2 is 1.93 bits per heavy atom. The normalized spacial score (nSPS) is 15.8. The third kappa shape index (κ3) is 5.60. The number of nitrogen functional groups attached to an aromatic ring is 1. The Labute approximate surface area is 242 Å². The van der Waals surface area contributed by atoms with E-state index < -0.39 is 5.60 Å². The van der Waals surface area contributed by atoms with Crippen molar-refractivity contribution in [3.8, 4) is 22.6 Å². The number of aromatic nitrogens is 5. The summed E-state index contributed by atoms with van der Waals surface area (Å²) in [6.07, 6.45) is 6.23. The van der Waals surface area contributed by atoms with Crippen molar-refractivity contribution in [2.75, 3.05) is 18.8 Å². The van der Waals surface area contributed by atoms with Crippen LogP contribution < -0.4 is 10.5 Å². The molecule has 0 radical (unpaired) electrons. The first kappa shape index (κ1) is 26.8. The number of pyridine rings is 1. The maximum Gasteiger partial charge on any atom is 0.410 e. The number of hydrogen-bond acceptors (Lipinski definition) is 8.